The predicted molar refractivity (Wildman–Crippen MR) is 79.5 cm³/mol. The van der Waals surface area contributed by atoms with Crippen LogP contribution in [0.15, 0.2) is 54.9 Å². The van der Waals surface area contributed by atoms with Gasteiger partial charge in [-0.05, 0) is 35.4 Å². The fourth-order valence-corrected chi connectivity index (χ4v) is 3.37. The third-order valence-electron chi connectivity index (χ3n) is 4.42. The van der Waals surface area contributed by atoms with E-state index in [0.29, 0.717) is 24.0 Å². The third-order valence-corrected chi connectivity index (χ3v) is 4.42. The van der Waals surface area contributed by atoms with Crippen LogP contribution >= 0.6 is 0 Å². The van der Waals surface area contributed by atoms with Gasteiger partial charge in [0.15, 0.2) is 0 Å². The summed E-state index contributed by atoms with van der Waals surface area (Å²) in [5.74, 6) is -0.239. The molecule has 0 amide bonds. The van der Waals surface area contributed by atoms with Crippen molar-refractivity contribution in [1.29, 1.82) is 0 Å². The summed E-state index contributed by atoms with van der Waals surface area (Å²) in [5.41, 5.74) is 0.879. The van der Waals surface area contributed by atoms with Gasteiger partial charge in [-0.1, -0.05) is 36.4 Å². The number of halogens is 1. The average Bonchev–Trinajstić information content (AvgIpc) is 2.87. The lowest BCUT2D eigenvalue weighted by Crippen LogP contribution is -2.24. The van der Waals surface area contributed by atoms with Crippen molar-refractivity contribution in [2.24, 2.45) is 0 Å². The van der Waals surface area contributed by atoms with Crippen LogP contribution in [-0.2, 0) is 12.0 Å². The highest BCUT2D eigenvalue weighted by molar-refractivity contribution is 5.86. The normalized spacial score (nSPS) is 20.7. The van der Waals surface area contributed by atoms with Gasteiger partial charge in [0, 0.05) is 23.3 Å². The van der Waals surface area contributed by atoms with E-state index in [1.54, 1.807) is 18.5 Å². The summed E-state index contributed by atoms with van der Waals surface area (Å²) >= 11 is 0. The topological polar surface area (TPSA) is 33.1 Å². The van der Waals surface area contributed by atoms with Gasteiger partial charge in [-0.25, -0.2) is 4.39 Å². The van der Waals surface area contributed by atoms with Gasteiger partial charge in [0.2, 0.25) is 0 Å². The number of nitrogens with zero attached hydrogens (tertiary/aromatic N) is 1. The van der Waals surface area contributed by atoms with Crippen LogP contribution in [0.5, 0.6) is 0 Å². The summed E-state index contributed by atoms with van der Waals surface area (Å²) in [5, 5.41) is 13.2. The van der Waals surface area contributed by atoms with Gasteiger partial charge in [-0.2, -0.15) is 0 Å². The van der Waals surface area contributed by atoms with Crippen LogP contribution in [0.3, 0.4) is 0 Å². The van der Waals surface area contributed by atoms with Crippen molar-refractivity contribution in [3.05, 3.63) is 77.4 Å². The van der Waals surface area contributed by atoms with Gasteiger partial charge in [0.25, 0.3) is 0 Å². The minimum absolute atomic E-state index is 0.239. The van der Waals surface area contributed by atoms with Gasteiger partial charge in [0.1, 0.15) is 11.4 Å². The molecular formula is C18H14FNO. The highest BCUT2D eigenvalue weighted by atomic mass is 19.1. The van der Waals surface area contributed by atoms with E-state index >= 15 is 0 Å². The summed E-state index contributed by atoms with van der Waals surface area (Å²) < 4.78 is 13.9. The number of hydrogen-bond acceptors (Lipinski definition) is 2. The molecule has 1 aromatic heterocycles. The van der Waals surface area contributed by atoms with Crippen LogP contribution in [0.25, 0.3) is 10.8 Å². The van der Waals surface area contributed by atoms with Crippen molar-refractivity contribution >= 4 is 10.8 Å². The molecular weight excluding hydrogens is 265 g/mol. The molecule has 2 nitrogen and oxygen atoms in total. The second-order valence-corrected chi connectivity index (χ2v) is 5.53. The summed E-state index contributed by atoms with van der Waals surface area (Å²) in [6.45, 7) is 0. The molecule has 1 atom stereocenters. The standard InChI is InChI=1S/C18H14FNO/c19-17-7-3-6-15-14(17)8-9-18(15,21)16-11-20-10-12-4-1-2-5-13(12)16/h1-7,10-11,21H,8-9H2. The first-order valence-corrected chi connectivity index (χ1v) is 7.03. The molecule has 1 aliphatic carbocycles. The summed E-state index contributed by atoms with van der Waals surface area (Å²) in [6.07, 6.45) is 4.51. The molecule has 0 aliphatic heterocycles. The minimum Gasteiger partial charge on any atom is -0.380 e. The van der Waals surface area contributed by atoms with Crippen molar-refractivity contribution in [3.63, 3.8) is 0 Å². The molecule has 0 fully saturated rings. The molecule has 21 heavy (non-hydrogen) atoms. The maximum Gasteiger partial charge on any atom is 0.126 e. The molecule has 1 unspecified atom stereocenters. The van der Waals surface area contributed by atoms with Crippen molar-refractivity contribution in [3.8, 4) is 0 Å². The van der Waals surface area contributed by atoms with Crippen molar-refractivity contribution in [1.82, 2.24) is 4.98 Å². The van der Waals surface area contributed by atoms with E-state index in [9.17, 15) is 9.50 Å². The zero-order valence-electron chi connectivity index (χ0n) is 11.4. The Hall–Kier alpha value is -2.26. The summed E-state index contributed by atoms with van der Waals surface area (Å²) in [7, 11) is 0. The Bertz CT molecular complexity index is 840. The molecule has 0 spiro atoms. The quantitative estimate of drug-likeness (QED) is 0.739. The molecule has 4 rings (SSSR count). The first-order valence-electron chi connectivity index (χ1n) is 7.03. The van der Waals surface area contributed by atoms with E-state index < -0.39 is 5.60 Å². The lowest BCUT2D eigenvalue weighted by Gasteiger charge is -2.25. The van der Waals surface area contributed by atoms with Crippen molar-refractivity contribution in [2.75, 3.05) is 0 Å². The second-order valence-electron chi connectivity index (χ2n) is 5.53. The molecule has 0 bridgehead atoms. The van der Waals surface area contributed by atoms with Crippen molar-refractivity contribution in [2.45, 2.75) is 18.4 Å². The van der Waals surface area contributed by atoms with Crippen LogP contribution in [-0.4, -0.2) is 10.1 Å². The predicted octanol–water partition coefficient (Wildman–Crippen LogP) is 3.56. The summed E-state index contributed by atoms with van der Waals surface area (Å²) in [6, 6.07) is 12.7. The van der Waals surface area contributed by atoms with E-state index in [0.717, 1.165) is 16.3 Å². The van der Waals surface area contributed by atoms with Gasteiger partial charge in [-0.15, -0.1) is 0 Å². The molecule has 2 aromatic carbocycles. The molecule has 0 radical (unpaired) electrons. The van der Waals surface area contributed by atoms with E-state index in [4.69, 9.17) is 0 Å². The smallest absolute Gasteiger partial charge is 0.126 e. The largest absolute Gasteiger partial charge is 0.380 e. The van der Waals surface area contributed by atoms with Crippen LogP contribution in [0, 0.1) is 5.82 Å². The Labute approximate surface area is 121 Å². The average molecular weight is 279 g/mol. The molecule has 0 saturated heterocycles. The zero-order chi connectivity index (χ0) is 14.4. The fraction of sp³-hybridized carbons (Fsp3) is 0.167. The first kappa shape index (κ1) is 12.5. The number of hydrogen-bond donors (Lipinski definition) is 1. The maximum absolute atomic E-state index is 13.9. The Kier molecular flexibility index (Phi) is 2.59. The molecule has 3 heteroatoms. The molecule has 104 valence electrons. The number of fused-ring (bicyclic) bond motifs is 2. The number of benzene rings is 2. The fourth-order valence-electron chi connectivity index (χ4n) is 3.37. The number of aliphatic hydroxyl groups is 1. The monoisotopic (exact) mass is 279 g/mol. The van der Waals surface area contributed by atoms with Crippen LogP contribution < -0.4 is 0 Å². The van der Waals surface area contributed by atoms with E-state index in [2.05, 4.69) is 4.98 Å². The Morgan fingerprint density at radius 1 is 1.00 bits per heavy atom. The van der Waals surface area contributed by atoms with Gasteiger partial charge < -0.3 is 5.11 Å². The minimum atomic E-state index is -1.16. The number of pyridine rings is 1. The first-order chi connectivity index (χ1) is 10.2. The SMILES string of the molecule is OC1(c2cncc3ccccc23)CCc2c(F)cccc21. The zero-order valence-corrected chi connectivity index (χ0v) is 11.4. The highest BCUT2D eigenvalue weighted by Crippen LogP contribution is 2.44. The summed E-state index contributed by atoms with van der Waals surface area (Å²) in [4.78, 5) is 4.24. The Morgan fingerprint density at radius 2 is 1.86 bits per heavy atom. The maximum atomic E-state index is 13.9. The molecule has 1 N–H and O–H groups in total. The van der Waals surface area contributed by atoms with Gasteiger partial charge >= 0.3 is 0 Å². The lowest BCUT2D eigenvalue weighted by molar-refractivity contribution is 0.0841. The van der Waals surface area contributed by atoms with Gasteiger partial charge in [0.05, 0.1) is 0 Å². The number of aromatic nitrogens is 1. The Morgan fingerprint density at radius 3 is 2.76 bits per heavy atom. The molecule has 3 aromatic rings. The Balaban J connectivity index is 2.01. The third kappa shape index (κ3) is 1.71. The van der Waals surface area contributed by atoms with Crippen LogP contribution in [0.2, 0.25) is 0 Å². The van der Waals surface area contributed by atoms with Crippen molar-refractivity contribution < 1.29 is 9.50 Å². The lowest BCUT2D eigenvalue weighted by atomic mass is 9.86. The van der Waals surface area contributed by atoms with E-state index in [1.165, 1.54) is 6.07 Å². The molecule has 1 heterocycles. The highest BCUT2D eigenvalue weighted by Gasteiger charge is 2.40. The van der Waals surface area contributed by atoms with Crippen LogP contribution in [0.4, 0.5) is 4.39 Å². The van der Waals surface area contributed by atoms with Crippen LogP contribution in [0.1, 0.15) is 23.1 Å². The second kappa shape index (κ2) is 4.37. The van der Waals surface area contributed by atoms with E-state index in [1.807, 2.05) is 30.3 Å². The van der Waals surface area contributed by atoms with E-state index in [-0.39, 0.29) is 5.82 Å². The molecule has 0 saturated carbocycles. The molecule has 1 aliphatic rings. The van der Waals surface area contributed by atoms with Gasteiger partial charge in [-0.3, -0.25) is 4.98 Å². The number of rotatable bonds is 1.